The number of nitrogens with zero attached hydrogens (tertiary/aromatic N) is 3. The van der Waals surface area contributed by atoms with Crippen molar-refractivity contribution in [2.75, 3.05) is 24.5 Å². The minimum absolute atomic E-state index is 0.0851. The fourth-order valence-corrected chi connectivity index (χ4v) is 3.41. The molecule has 0 saturated carbocycles. The Kier molecular flexibility index (Phi) is 4.68. The summed E-state index contributed by atoms with van der Waals surface area (Å²) in [5, 5.41) is 8.22. The third-order valence-electron chi connectivity index (χ3n) is 4.39. The molecular formula is C17H21ClN4O. The van der Waals surface area contributed by atoms with Crippen LogP contribution in [0.3, 0.4) is 0 Å². The maximum absolute atomic E-state index is 13.1. The maximum atomic E-state index is 13.1. The Hall–Kier alpha value is -1.85. The second-order valence-corrected chi connectivity index (χ2v) is 6.32. The van der Waals surface area contributed by atoms with Crippen molar-refractivity contribution < 1.29 is 4.79 Å². The van der Waals surface area contributed by atoms with Gasteiger partial charge in [-0.2, -0.15) is 5.10 Å². The molecule has 1 N–H and O–H groups in total. The van der Waals surface area contributed by atoms with E-state index in [2.05, 4.69) is 10.4 Å². The van der Waals surface area contributed by atoms with E-state index in [4.69, 9.17) is 11.6 Å². The Balaban J connectivity index is 1.85. The van der Waals surface area contributed by atoms with Crippen LogP contribution in [0.4, 0.5) is 5.69 Å². The van der Waals surface area contributed by atoms with Crippen molar-refractivity contribution in [1.29, 1.82) is 0 Å². The number of nitrogens with one attached hydrogen (secondary N) is 1. The van der Waals surface area contributed by atoms with Gasteiger partial charge in [0.1, 0.15) is 0 Å². The quantitative estimate of drug-likeness (QED) is 0.935. The zero-order valence-corrected chi connectivity index (χ0v) is 14.1. The lowest BCUT2D eigenvalue weighted by atomic mass is 9.89. The Morgan fingerprint density at radius 2 is 2.30 bits per heavy atom. The van der Waals surface area contributed by atoms with Gasteiger partial charge in [0.15, 0.2) is 0 Å². The van der Waals surface area contributed by atoms with E-state index in [1.807, 2.05) is 55.5 Å². The number of rotatable bonds is 4. The zero-order valence-electron chi connectivity index (χ0n) is 13.4. The van der Waals surface area contributed by atoms with Crippen molar-refractivity contribution >= 4 is 23.2 Å². The topological polar surface area (TPSA) is 50.2 Å². The Labute approximate surface area is 141 Å². The summed E-state index contributed by atoms with van der Waals surface area (Å²) in [5.74, 6) is 0.205. The normalized spacial score (nSPS) is 20.7. The summed E-state index contributed by atoms with van der Waals surface area (Å²) in [6.07, 6.45) is 3.85. The van der Waals surface area contributed by atoms with Gasteiger partial charge in [-0.05, 0) is 30.7 Å². The third kappa shape index (κ3) is 3.26. The molecule has 1 fully saturated rings. The van der Waals surface area contributed by atoms with Crippen LogP contribution < -0.4 is 10.2 Å². The molecule has 1 amide bonds. The highest BCUT2D eigenvalue weighted by Gasteiger charge is 2.37. The van der Waals surface area contributed by atoms with Crippen molar-refractivity contribution in [2.45, 2.75) is 12.8 Å². The summed E-state index contributed by atoms with van der Waals surface area (Å²) in [7, 11) is 1.90. The molecule has 6 heteroatoms. The summed E-state index contributed by atoms with van der Waals surface area (Å²) in [4.78, 5) is 14.9. The molecule has 0 radical (unpaired) electrons. The largest absolute Gasteiger partial charge is 0.315 e. The molecule has 122 valence electrons. The molecule has 2 heterocycles. The van der Waals surface area contributed by atoms with E-state index in [1.165, 1.54) is 0 Å². The van der Waals surface area contributed by atoms with Gasteiger partial charge in [0.2, 0.25) is 5.91 Å². The number of aryl methyl sites for hydroxylation is 1. The van der Waals surface area contributed by atoms with Crippen molar-refractivity contribution in [1.82, 2.24) is 15.1 Å². The first kappa shape index (κ1) is 16.0. The average Bonchev–Trinajstić information content (AvgIpc) is 3.16. The van der Waals surface area contributed by atoms with Crippen molar-refractivity contribution in [3.05, 3.63) is 47.2 Å². The van der Waals surface area contributed by atoms with Crippen LogP contribution >= 0.6 is 11.6 Å². The lowest BCUT2D eigenvalue weighted by molar-refractivity contribution is -0.122. The van der Waals surface area contributed by atoms with Gasteiger partial charge in [-0.1, -0.05) is 17.7 Å². The molecule has 1 aliphatic rings. The molecule has 1 aromatic heterocycles. The van der Waals surface area contributed by atoms with Gasteiger partial charge < -0.3 is 10.2 Å². The second-order valence-electron chi connectivity index (χ2n) is 5.88. The van der Waals surface area contributed by atoms with E-state index in [0.29, 0.717) is 18.1 Å². The van der Waals surface area contributed by atoms with Gasteiger partial charge in [-0.25, -0.2) is 0 Å². The summed E-state index contributed by atoms with van der Waals surface area (Å²) in [6, 6.07) is 7.46. The fourth-order valence-electron chi connectivity index (χ4n) is 3.23. The number of hydrogen-bond donors (Lipinski definition) is 1. The summed E-state index contributed by atoms with van der Waals surface area (Å²) in [5.41, 5.74) is 1.96. The van der Waals surface area contributed by atoms with Gasteiger partial charge in [-0.15, -0.1) is 0 Å². The summed E-state index contributed by atoms with van der Waals surface area (Å²) < 4.78 is 1.78. The van der Waals surface area contributed by atoms with E-state index >= 15 is 0 Å². The van der Waals surface area contributed by atoms with Crippen LogP contribution in [0.1, 0.15) is 18.4 Å². The van der Waals surface area contributed by atoms with Gasteiger partial charge in [0.25, 0.3) is 0 Å². The minimum atomic E-state index is -0.0851. The second kappa shape index (κ2) is 6.72. The predicted octanol–water partition coefficient (Wildman–Crippen LogP) is 2.43. The van der Waals surface area contributed by atoms with Crippen molar-refractivity contribution in [3.8, 4) is 0 Å². The van der Waals surface area contributed by atoms with Crippen molar-refractivity contribution in [2.24, 2.45) is 13.0 Å². The lowest BCUT2D eigenvalue weighted by Gasteiger charge is -2.27. The molecule has 3 rings (SSSR count). The van der Waals surface area contributed by atoms with E-state index in [1.54, 1.807) is 4.68 Å². The fraction of sp³-hybridized carbons (Fsp3) is 0.412. The van der Waals surface area contributed by atoms with Gasteiger partial charge in [0.05, 0.1) is 12.1 Å². The highest BCUT2D eigenvalue weighted by Crippen LogP contribution is 2.31. The van der Waals surface area contributed by atoms with E-state index < -0.39 is 0 Å². The number of amides is 1. The van der Waals surface area contributed by atoms with E-state index in [0.717, 1.165) is 17.8 Å². The lowest BCUT2D eigenvalue weighted by Crippen LogP contribution is -2.38. The molecule has 1 aliphatic heterocycles. The molecule has 0 unspecified atom stereocenters. The number of anilines is 1. The SMILES string of the molecule is CCN(C(=O)[C@H]1CNC[C@@H]1c1cnn(C)c1)c1cccc(Cl)c1. The van der Waals surface area contributed by atoms with Gasteiger partial charge >= 0.3 is 0 Å². The van der Waals surface area contributed by atoms with Crippen LogP contribution in [-0.4, -0.2) is 35.3 Å². The monoisotopic (exact) mass is 332 g/mol. The number of carbonyl (C=O) groups is 1. The van der Waals surface area contributed by atoms with Crippen LogP contribution in [0.25, 0.3) is 0 Å². The van der Waals surface area contributed by atoms with Crippen LogP contribution in [-0.2, 0) is 11.8 Å². The van der Waals surface area contributed by atoms with Gasteiger partial charge in [0, 0.05) is 49.5 Å². The summed E-state index contributed by atoms with van der Waals surface area (Å²) >= 11 is 6.08. The third-order valence-corrected chi connectivity index (χ3v) is 4.62. The smallest absolute Gasteiger partial charge is 0.232 e. The maximum Gasteiger partial charge on any atom is 0.232 e. The zero-order chi connectivity index (χ0) is 16.4. The van der Waals surface area contributed by atoms with Gasteiger partial charge in [-0.3, -0.25) is 9.48 Å². The number of aromatic nitrogens is 2. The first-order chi connectivity index (χ1) is 11.1. The number of benzene rings is 1. The number of carbonyl (C=O) groups excluding carboxylic acids is 1. The molecule has 0 bridgehead atoms. The number of hydrogen-bond acceptors (Lipinski definition) is 3. The highest BCUT2D eigenvalue weighted by molar-refractivity contribution is 6.30. The molecular weight excluding hydrogens is 312 g/mol. The molecule has 2 aromatic rings. The molecule has 2 atom stereocenters. The minimum Gasteiger partial charge on any atom is -0.315 e. The molecule has 1 saturated heterocycles. The predicted molar refractivity (Wildman–Crippen MR) is 91.8 cm³/mol. The average molecular weight is 333 g/mol. The molecule has 5 nitrogen and oxygen atoms in total. The first-order valence-corrected chi connectivity index (χ1v) is 8.24. The van der Waals surface area contributed by atoms with Crippen LogP contribution in [0.15, 0.2) is 36.7 Å². The van der Waals surface area contributed by atoms with Crippen molar-refractivity contribution in [3.63, 3.8) is 0 Å². The number of halogens is 1. The molecule has 1 aromatic carbocycles. The van der Waals surface area contributed by atoms with E-state index in [-0.39, 0.29) is 17.7 Å². The Morgan fingerprint density at radius 1 is 1.48 bits per heavy atom. The summed E-state index contributed by atoms with van der Waals surface area (Å²) in [6.45, 7) is 4.10. The van der Waals surface area contributed by atoms with Crippen LogP contribution in [0.5, 0.6) is 0 Å². The van der Waals surface area contributed by atoms with E-state index in [9.17, 15) is 4.79 Å². The highest BCUT2D eigenvalue weighted by atomic mass is 35.5. The van der Waals surface area contributed by atoms with Crippen LogP contribution in [0.2, 0.25) is 5.02 Å². The molecule has 0 spiro atoms. The molecule has 23 heavy (non-hydrogen) atoms. The van der Waals surface area contributed by atoms with Crippen LogP contribution in [0, 0.1) is 5.92 Å². The standard InChI is InChI=1S/C17H21ClN4O/c1-3-22(14-6-4-5-13(18)7-14)17(23)16-10-19-9-15(16)12-8-20-21(2)11-12/h4-8,11,15-16,19H,3,9-10H2,1-2H3/t15-,16+/m1/s1. The Morgan fingerprint density at radius 3 is 2.96 bits per heavy atom. The Bertz CT molecular complexity index is 699. The molecule has 0 aliphatic carbocycles. The first-order valence-electron chi connectivity index (χ1n) is 7.86.